The van der Waals surface area contributed by atoms with Crippen molar-refractivity contribution in [3.05, 3.63) is 57.1 Å². The predicted octanol–water partition coefficient (Wildman–Crippen LogP) is 2.91. The highest BCUT2D eigenvalue weighted by Gasteiger charge is 2.31. The molecular weight excluding hydrogens is 462 g/mol. The molecule has 2 aromatic rings. The first kappa shape index (κ1) is 25.4. The number of methoxy groups -OCH3 is 2. The van der Waals surface area contributed by atoms with Crippen LogP contribution in [0.15, 0.2) is 41.3 Å². The van der Waals surface area contributed by atoms with Crippen molar-refractivity contribution in [1.82, 2.24) is 5.32 Å². The Morgan fingerprint density at radius 2 is 1.94 bits per heavy atom. The van der Waals surface area contributed by atoms with Gasteiger partial charge in [-0.15, -0.1) is 0 Å². The average Bonchev–Trinajstić information content (AvgIpc) is 2.72. The molecule has 0 aromatic heterocycles. The zero-order valence-corrected chi connectivity index (χ0v) is 19.6. The number of carbonyl (C=O) groups excluding carboxylic acids is 1. The van der Waals surface area contributed by atoms with Gasteiger partial charge in [0, 0.05) is 29.8 Å². The Morgan fingerprint density at radius 3 is 2.53 bits per heavy atom. The smallest absolute Gasteiger partial charge is 0.273 e. The van der Waals surface area contributed by atoms with Crippen LogP contribution in [-0.4, -0.2) is 52.7 Å². The molecule has 0 fully saturated rings. The van der Waals surface area contributed by atoms with Crippen LogP contribution in [0, 0.1) is 17.0 Å². The van der Waals surface area contributed by atoms with Crippen LogP contribution in [0.2, 0.25) is 5.02 Å². The number of rotatable bonds is 10. The molecule has 10 nitrogen and oxygen atoms in total. The minimum Gasteiger partial charge on any atom is -0.495 e. The van der Waals surface area contributed by atoms with E-state index in [1.165, 1.54) is 51.5 Å². The van der Waals surface area contributed by atoms with E-state index in [1.54, 1.807) is 6.92 Å². The van der Waals surface area contributed by atoms with Gasteiger partial charge in [-0.25, -0.2) is 8.42 Å². The first-order valence-corrected chi connectivity index (χ1v) is 11.2. The standard InChI is InChI=1S/C20H24ClN3O7S/c1-13-5-7-16(10-17(13)24(26)27)32(28,29)23(11-20(25)22-14(2)12-30-3)18-9-15(21)6-8-19(18)31-4/h5-10,14H,11-12H2,1-4H3,(H,22,25)/t14-/m0/s1. The van der Waals surface area contributed by atoms with Crippen molar-refractivity contribution < 1.29 is 27.6 Å². The van der Waals surface area contributed by atoms with Gasteiger partial charge in [-0.1, -0.05) is 17.7 Å². The summed E-state index contributed by atoms with van der Waals surface area (Å²) in [5.74, 6) is -0.459. The molecule has 0 radical (unpaired) electrons. The molecule has 0 bridgehead atoms. The molecule has 1 N–H and O–H groups in total. The number of carbonyl (C=O) groups is 1. The monoisotopic (exact) mass is 485 g/mol. The molecular formula is C20H24ClN3O7S. The van der Waals surface area contributed by atoms with Crippen LogP contribution in [0.5, 0.6) is 5.75 Å². The molecule has 0 aliphatic rings. The number of aryl methyl sites for hydroxylation is 1. The Morgan fingerprint density at radius 1 is 1.25 bits per heavy atom. The van der Waals surface area contributed by atoms with Gasteiger partial charge in [-0.05, 0) is 38.1 Å². The number of hydrogen-bond acceptors (Lipinski definition) is 7. The number of hydrogen-bond donors (Lipinski definition) is 1. The van der Waals surface area contributed by atoms with E-state index < -0.39 is 27.4 Å². The third-order valence-electron chi connectivity index (χ3n) is 4.49. The van der Waals surface area contributed by atoms with Crippen molar-refractivity contribution in [1.29, 1.82) is 0 Å². The molecule has 12 heteroatoms. The molecule has 0 spiro atoms. The lowest BCUT2D eigenvalue weighted by Crippen LogP contribution is -2.44. The van der Waals surface area contributed by atoms with Gasteiger partial charge in [0.15, 0.2) is 0 Å². The maximum Gasteiger partial charge on any atom is 0.273 e. The van der Waals surface area contributed by atoms with Crippen molar-refractivity contribution in [2.45, 2.75) is 24.8 Å². The number of nitrogens with one attached hydrogen (secondary N) is 1. The fourth-order valence-corrected chi connectivity index (χ4v) is 4.58. The summed E-state index contributed by atoms with van der Waals surface area (Å²) in [5.41, 5.74) is -0.0491. The zero-order chi connectivity index (χ0) is 24.1. The number of halogens is 1. The van der Waals surface area contributed by atoms with Crippen LogP contribution >= 0.6 is 11.6 Å². The van der Waals surface area contributed by atoms with E-state index in [9.17, 15) is 23.3 Å². The van der Waals surface area contributed by atoms with E-state index in [-0.39, 0.29) is 39.7 Å². The number of nitrogens with zero attached hydrogens (tertiary/aromatic N) is 2. The minimum atomic E-state index is -4.42. The van der Waals surface area contributed by atoms with Crippen LogP contribution in [-0.2, 0) is 19.6 Å². The van der Waals surface area contributed by atoms with E-state index in [0.29, 0.717) is 5.56 Å². The molecule has 174 valence electrons. The van der Waals surface area contributed by atoms with Gasteiger partial charge in [0.25, 0.3) is 15.7 Å². The third-order valence-corrected chi connectivity index (χ3v) is 6.48. The fraction of sp³-hybridized carbons (Fsp3) is 0.350. The van der Waals surface area contributed by atoms with E-state index in [4.69, 9.17) is 21.1 Å². The van der Waals surface area contributed by atoms with E-state index in [1.807, 2.05) is 0 Å². The SMILES string of the molecule is COC[C@H](C)NC(=O)CN(c1cc(Cl)ccc1OC)S(=O)(=O)c1ccc(C)c([N+](=O)[O-])c1. The summed E-state index contributed by atoms with van der Waals surface area (Å²) in [6.07, 6.45) is 0. The van der Waals surface area contributed by atoms with Crippen LogP contribution < -0.4 is 14.4 Å². The van der Waals surface area contributed by atoms with E-state index in [2.05, 4.69) is 5.32 Å². The maximum absolute atomic E-state index is 13.5. The van der Waals surface area contributed by atoms with Gasteiger partial charge >= 0.3 is 0 Å². The highest BCUT2D eigenvalue weighted by atomic mass is 35.5. The topological polar surface area (TPSA) is 128 Å². The summed E-state index contributed by atoms with van der Waals surface area (Å²) < 4.78 is 38.1. The summed E-state index contributed by atoms with van der Waals surface area (Å²) in [6.45, 7) is 2.80. The normalized spacial score (nSPS) is 12.2. The first-order chi connectivity index (χ1) is 15.0. The van der Waals surface area contributed by atoms with E-state index >= 15 is 0 Å². The number of anilines is 1. The Labute approximate surface area is 191 Å². The van der Waals surface area contributed by atoms with E-state index in [0.717, 1.165) is 10.4 Å². The second kappa shape index (κ2) is 10.6. The number of nitro benzene ring substituents is 1. The first-order valence-electron chi connectivity index (χ1n) is 9.40. The fourth-order valence-electron chi connectivity index (χ4n) is 2.97. The van der Waals surface area contributed by atoms with Crippen molar-refractivity contribution in [2.24, 2.45) is 0 Å². The van der Waals surface area contributed by atoms with Gasteiger partial charge in [0.2, 0.25) is 5.91 Å². The number of nitro groups is 1. The molecule has 0 unspecified atom stereocenters. The lowest BCUT2D eigenvalue weighted by molar-refractivity contribution is -0.385. The van der Waals surface area contributed by atoms with Gasteiger partial charge in [0.1, 0.15) is 12.3 Å². The van der Waals surface area contributed by atoms with Crippen molar-refractivity contribution in [3.63, 3.8) is 0 Å². The summed E-state index contributed by atoms with van der Waals surface area (Å²) >= 11 is 6.08. The molecule has 0 aliphatic heterocycles. The summed E-state index contributed by atoms with van der Waals surface area (Å²) in [6, 6.07) is 7.47. The highest BCUT2D eigenvalue weighted by Crippen LogP contribution is 2.35. The maximum atomic E-state index is 13.5. The molecule has 2 aromatic carbocycles. The molecule has 0 saturated carbocycles. The van der Waals surface area contributed by atoms with Crippen molar-refractivity contribution in [2.75, 3.05) is 31.7 Å². The van der Waals surface area contributed by atoms with Gasteiger partial charge in [0.05, 0.1) is 29.2 Å². The Bertz CT molecular complexity index is 1110. The van der Waals surface area contributed by atoms with Crippen molar-refractivity contribution >= 4 is 38.9 Å². The lowest BCUT2D eigenvalue weighted by Gasteiger charge is -2.26. The number of ether oxygens (including phenoxy) is 2. The van der Waals surface area contributed by atoms with Crippen LogP contribution in [0.3, 0.4) is 0 Å². The summed E-state index contributed by atoms with van der Waals surface area (Å²) in [7, 11) is -1.61. The third kappa shape index (κ3) is 5.87. The summed E-state index contributed by atoms with van der Waals surface area (Å²) in [4.78, 5) is 23.0. The average molecular weight is 486 g/mol. The largest absolute Gasteiger partial charge is 0.495 e. The molecule has 1 atom stereocenters. The summed E-state index contributed by atoms with van der Waals surface area (Å²) in [5, 5.41) is 14.2. The minimum absolute atomic E-state index is 0.0118. The Kier molecular flexibility index (Phi) is 8.42. The van der Waals surface area contributed by atoms with Crippen LogP contribution in [0.25, 0.3) is 0 Å². The predicted molar refractivity (Wildman–Crippen MR) is 120 cm³/mol. The number of sulfonamides is 1. The molecule has 1 amide bonds. The van der Waals surface area contributed by atoms with Gasteiger partial charge in [-0.2, -0.15) is 0 Å². The molecule has 2 rings (SSSR count). The molecule has 0 aliphatic carbocycles. The highest BCUT2D eigenvalue weighted by molar-refractivity contribution is 7.92. The molecule has 32 heavy (non-hydrogen) atoms. The molecule has 0 saturated heterocycles. The zero-order valence-electron chi connectivity index (χ0n) is 18.0. The Balaban J connectivity index is 2.60. The second-order valence-electron chi connectivity index (χ2n) is 6.96. The van der Waals surface area contributed by atoms with Crippen molar-refractivity contribution in [3.8, 4) is 5.75 Å². The van der Waals surface area contributed by atoms with Gasteiger partial charge < -0.3 is 14.8 Å². The van der Waals surface area contributed by atoms with Crippen LogP contribution in [0.4, 0.5) is 11.4 Å². The van der Waals surface area contributed by atoms with Crippen LogP contribution in [0.1, 0.15) is 12.5 Å². The molecule has 0 heterocycles. The Hall–Kier alpha value is -2.89. The number of amides is 1. The lowest BCUT2D eigenvalue weighted by atomic mass is 10.2. The number of benzene rings is 2. The van der Waals surface area contributed by atoms with Gasteiger partial charge in [-0.3, -0.25) is 19.2 Å². The quantitative estimate of drug-likeness (QED) is 0.404. The second-order valence-corrected chi connectivity index (χ2v) is 9.26.